The van der Waals surface area contributed by atoms with Gasteiger partial charge in [0.05, 0.1) is 13.2 Å². The summed E-state index contributed by atoms with van der Waals surface area (Å²) >= 11 is 1.87. The van der Waals surface area contributed by atoms with Crippen molar-refractivity contribution < 1.29 is 23.8 Å². The minimum atomic E-state index is -0.940. The maximum Gasteiger partial charge on any atom is 0.510 e. The van der Waals surface area contributed by atoms with Crippen LogP contribution in [0.1, 0.15) is 65.3 Å². The first-order chi connectivity index (χ1) is 20.0. The van der Waals surface area contributed by atoms with Crippen molar-refractivity contribution in [3.8, 4) is 5.75 Å². The molecule has 3 aliphatic rings. The fourth-order valence-electron chi connectivity index (χ4n) is 6.05. The molecule has 0 saturated carbocycles. The zero-order chi connectivity index (χ0) is 28.3. The Hall–Kier alpha value is -3.92. The van der Waals surface area contributed by atoms with Gasteiger partial charge in [-0.1, -0.05) is 36.4 Å². The van der Waals surface area contributed by atoms with Gasteiger partial charge in [-0.05, 0) is 73.1 Å². The number of carbonyl (C=O) groups is 2. The van der Waals surface area contributed by atoms with Crippen LogP contribution in [-0.2, 0) is 15.9 Å². The first-order valence-corrected chi connectivity index (χ1v) is 15.0. The summed E-state index contributed by atoms with van der Waals surface area (Å²) in [5.74, 6) is 0.630. The fraction of sp³-hybridized carbons (Fsp3) is 0.387. The molecule has 10 heteroatoms. The van der Waals surface area contributed by atoms with Gasteiger partial charge in [-0.2, -0.15) is 0 Å². The Labute approximate surface area is 243 Å². The Morgan fingerprint density at radius 2 is 1.83 bits per heavy atom. The third kappa shape index (κ3) is 5.40. The molecular formula is C31H33N3O6S. The Bertz CT molecular complexity index is 1460. The summed E-state index contributed by atoms with van der Waals surface area (Å²) in [6, 6.07) is 18.5. The predicted molar refractivity (Wildman–Crippen MR) is 155 cm³/mol. The number of ether oxygens (including phenoxy) is 3. The standard InChI is InChI=1S/C31H33N3O6S/c1-38-31(37)40-20-39-29-25(35)14-16-33-28(29)30(36)32-15-4-2-13-26(32)34(33)27-22-10-6-9-21(18-22)8-3-5-17-41-24-12-7-11-23(27)19-24/h6-7,9-12,14,16,18-19,26-27H,2-5,8,13,15,17,20H2,1H3/t26-,27+/m1/s1. The van der Waals surface area contributed by atoms with Crippen molar-refractivity contribution in [2.45, 2.75) is 55.6 Å². The van der Waals surface area contributed by atoms with Crippen molar-refractivity contribution in [1.82, 2.24) is 9.58 Å². The summed E-state index contributed by atoms with van der Waals surface area (Å²) in [4.78, 5) is 41.6. The lowest BCUT2D eigenvalue weighted by molar-refractivity contribution is 0.0126. The number of nitrogens with zero attached hydrogens (tertiary/aromatic N) is 3. The van der Waals surface area contributed by atoms with Crippen LogP contribution in [0.25, 0.3) is 0 Å². The van der Waals surface area contributed by atoms with Crippen LogP contribution in [0.3, 0.4) is 0 Å². The van der Waals surface area contributed by atoms with E-state index in [1.807, 2.05) is 16.7 Å². The van der Waals surface area contributed by atoms with E-state index in [0.717, 1.165) is 55.4 Å². The average Bonchev–Trinajstić information content (AvgIpc) is 2.99. The summed E-state index contributed by atoms with van der Waals surface area (Å²) in [5.41, 5.74) is 3.16. The van der Waals surface area contributed by atoms with E-state index in [4.69, 9.17) is 9.47 Å². The Balaban J connectivity index is 1.53. The molecule has 0 radical (unpaired) electrons. The SMILES string of the molecule is COC(=O)OCOc1c2n(ccc1=O)N([C@H]1c3cccc(c3)CCCCSc3cccc1c3)[C@@H]1CCCCN1C2=O. The van der Waals surface area contributed by atoms with Crippen LogP contribution in [0, 0.1) is 0 Å². The topological polar surface area (TPSA) is 90.3 Å². The van der Waals surface area contributed by atoms with E-state index in [1.165, 1.54) is 23.6 Å². The Morgan fingerprint density at radius 1 is 1.00 bits per heavy atom. The van der Waals surface area contributed by atoms with Crippen molar-refractivity contribution in [3.63, 3.8) is 0 Å². The largest absolute Gasteiger partial charge is 0.510 e. The van der Waals surface area contributed by atoms with E-state index in [1.54, 1.807) is 10.9 Å². The summed E-state index contributed by atoms with van der Waals surface area (Å²) in [5, 5.41) is 2.22. The van der Waals surface area contributed by atoms with E-state index < -0.39 is 18.4 Å². The number of hydrogen-bond acceptors (Lipinski definition) is 8. The fourth-order valence-corrected chi connectivity index (χ4v) is 7.02. The van der Waals surface area contributed by atoms with Gasteiger partial charge in [-0.3, -0.25) is 19.3 Å². The molecule has 3 aliphatic heterocycles. The van der Waals surface area contributed by atoms with E-state index in [2.05, 4.69) is 58.3 Å². The first kappa shape index (κ1) is 27.3. The van der Waals surface area contributed by atoms with Crippen LogP contribution in [0.2, 0.25) is 0 Å². The molecule has 4 bridgehead atoms. The van der Waals surface area contributed by atoms with Gasteiger partial charge in [-0.25, -0.2) is 4.79 Å². The molecule has 0 aliphatic carbocycles. The van der Waals surface area contributed by atoms with Crippen LogP contribution in [0.15, 0.2) is 70.5 Å². The molecule has 1 aromatic heterocycles. The number of piperidine rings is 1. The number of fused-ring (bicyclic) bond motifs is 6. The molecule has 0 spiro atoms. The molecule has 41 heavy (non-hydrogen) atoms. The maximum atomic E-state index is 14.0. The van der Waals surface area contributed by atoms with Crippen molar-refractivity contribution in [2.24, 2.45) is 0 Å². The lowest BCUT2D eigenvalue weighted by Crippen LogP contribution is -2.63. The van der Waals surface area contributed by atoms with Crippen molar-refractivity contribution in [2.75, 3.05) is 31.2 Å². The highest BCUT2D eigenvalue weighted by atomic mass is 32.2. The predicted octanol–water partition coefficient (Wildman–Crippen LogP) is 5.09. The molecule has 1 saturated heterocycles. The van der Waals surface area contributed by atoms with Crippen molar-refractivity contribution in [1.29, 1.82) is 0 Å². The van der Waals surface area contributed by atoms with Gasteiger partial charge in [0.2, 0.25) is 18.0 Å². The third-order valence-electron chi connectivity index (χ3n) is 7.90. The molecule has 1 amide bonds. The van der Waals surface area contributed by atoms with E-state index >= 15 is 0 Å². The summed E-state index contributed by atoms with van der Waals surface area (Å²) in [7, 11) is 1.19. The average molecular weight is 576 g/mol. The maximum absolute atomic E-state index is 14.0. The normalized spacial score (nSPS) is 20.2. The number of carbonyl (C=O) groups excluding carboxylic acids is 2. The minimum absolute atomic E-state index is 0.122. The quantitative estimate of drug-likeness (QED) is 0.314. The molecule has 1 fully saturated rings. The highest BCUT2D eigenvalue weighted by Gasteiger charge is 2.44. The number of methoxy groups -OCH3 is 1. The molecule has 2 atom stereocenters. The number of aromatic nitrogens is 1. The molecule has 214 valence electrons. The van der Waals surface area contributed by atoms with Crippen LogP contribution < -0.4 is 15.2 Å². The number of pyridine rings is 1. The van der Waals surface area contributed by atoms with Gasteiger partial charge in [-0.15, -0.1) is 11.8 Å². The molecule has 4 heterocycles. The highest BCUT2D eigenvalue weighted by Crippen LogP contribution is 2.39. The lowest BCUT2D eigenvalue weighted by Gasteiger charge is -2.51. The first-order valence-electron chi connectivity index (χ1n) is 14.1. The van der Waals surface area contributed by atoms with Crippen LogP contribution in [0.5, 0.6) is 5.75 Å². The zero-order valence-corrected chi connectivity index (χ0v) is 23.8. The molecule has 2 aromatic carbocycles. The minimum Gasteiger partial charge on any atom is -0.451 e. The van der Waals surface area contributed by atoms with Crippen LogP contribution in [0.4, 0.5) is 4.79 Å². The second-order valence-corrected chi connectivity index (χ2v) is 11.6. The van der Waals surface area contributed by atoms with Gasteiger partial charge in [0.15, 0.2) is 5.69 Å². The number of thioether (sulfide) groups is 1. The van der Waals surface area contributed by atoms with Gasteiger partial charge >= 0.3 is 6.16 Å². The lowest BCUT2D eigenvalue weighted by atomic mass is 9.93. The zero-order valence-electron chi connectivity index (χ0n) is 23.0. The number of rotatable bonds is 4. The number of benzene rings is 2. The van der Waals surface area contributed by atoms with Crippen LogP contribution in [-0.4, -0.2) is 54.0 Å². The van der Waals surface area contributed by atoms with Crippen molar-refractivity contribution in [3.05, 3.63) is 93.4 Å². The van der Waals surface area contributed by atoms with Crippen molar-refractivity contribution >= 4 is 23.8 Å². The molecule has 9 nitrogen and oxygen atoms in total. The second kappa shape index (κ2) is 11.9. The van der Waals surface area contributed by atoms with Crippen LogP contribution >= 0.6 is 11.8 Å². The Kier molecular flexibility index (Phi) is 7.91. The summed E-state index contributed by atoms with van der Waals surface area (Å²) in [6.45, 7) is 0.0181. The molecule has 6 rings (SSSR count). The second-order valence-electron chi connectivity index (χ2n) is 10.4. The van der Waals surface area contributed by atoms with E-state index in [-0.39, 0.29) is 29.6 Å². The Morgan fingerprint density at radius 3 is 2.68 bits per heavy atom. The summed E-state index contributed by atoms with van der Waals surface area (Å²) in [6.07, 6.45) is 6.43. The monoisotopic (exact) mass is 575 g/mol. The summed E-state index contributed by atoms with van der Waals surface area (Å²) < 4.78 is 16.8. The number of hydrogen-bond donors (Lipinski definition) is 0. The molecular weight excluding hydrogens is 542 g/mol. The molecule has 3 aromatic rings. The highest BCUT2D eigenvalue weighted by molar-refractivity contribution is 7.99. The smallest absolute Gasteiger partial charge is 0.451 e. The third-order valence-corrected chi connectivity index (χ3v) is 8.98. The van der Waals surface area contributed by atoms with E-state index in [9.17, 15) is 14.4 Å². The van der Waals surface area contributed by atoms with Gasteiger partial charge in [0, 0.05) is 23.7 Å². The molecule has 0 N–H and O–H groups in total. The number of aryl methyl sites for hydroxylation is 1. The van der Waals surface area contributed by atoms with Gasteiger partial charge in [0.25, 0.3) is 5.91 Å². The van der Waals surface area contributed by atoms with Gasteiger partial charge in [0.1, 0.15) is 6.17 Å². The van der Waals surface area contributed by atoms with E-state index in [0.29, 0.717) is 6.54 Å². The molecule has 0 unspecified atom stereocenters. The van der Waals surface area contributed by atoms with Gasteiger partial charge < -0.3 is 19.1 Å². The number of amides is 1.